The maximum atomic E-state index is 13.3. The summed E-state index contributed by atoms with van der Waals surface area (Å²) >= 11 is 0. The van der Waals surface area contributed by atoms with Crippen molar-refractivity contribution in [1.82, 2.24) is 0 Å². The van der Waals surface area contributed by atoms with Crippen molar-refractivity contribution in [2.75, 3.05) is 35.0 Å². The van der Waals surface area contributed by atoms with E-state index in [1.807, 2.05) is 0 Å². The zero-order valence-corrected chi connectivity index (χ0v) is 18.6. The second kappa shape index (κ2) is 9.64. The highest BCUT2D eigenvalue weighted by Crippen LogP contribution is 2.48. The van der Waals surface area contributed by atoms with Gasteiger partial charge in [-0.25, -0.2) is 0 Å². The first kappa shape index (κ1) is 23.0. The molecule has 8 nitrogen and oxygen atoms in total. The lowest BCUT2D eigenvalue weighted by Gasteiger charge is -2.34. The minimum atomic E-state index is -1.07. The van der Waals surface area contributed by atoms with Gasteiger partial charge in [0.25, 0.3) is 0 Å². The summed E-state index contributed by atoms with van der Waals surface area (Å²) in [6, 6.07) is 8.46. The van der Waals surface area contributed by atoms with Crippen molar-refractivity contribution in [3.05, 3.63) is 58.9 Å². The molecule has 0 heterocycles. The van der Waals surface area contributed by atoms with E-state index in [0.29, 0.717) is 46.0 Å². The first-order valence-corrected chi connectivity index (χ1v) is 9.99. The van der Waals surface area contributed by atoms with Crippen LogP contribution in [-0.2, 0) is 9.53 Å². The van der Waals surface area contributed by atoms with Crippen molar-refractivity contribution in [3.63, 3.8) is 0 Å². The summed E-state index contributed by atoms with van der Waals surface area (Å²) in [5.74, 6) is -1.11. The highest BCUT2D eigenvalue weighted by molar-refractivity contribution is 6.14. The molecule has 0 spiro atoms. The molecule has 0 fully saturated rings. The second-order valence-corrected chi connectivity index (χ2v) is 7.03. The van der Waals surface area contributed by atoms with Crippen molar-refractivity contribution in [2.45, 2.75) is 12.8 Å². The van der Waals surface area contributed by atoms with Gasteiger partial charge in [0.15, 0.2) is 28.8 Å². The Labute approximate surface area is 186 Å². The summed E-state index contributed by atoms with van der Waals surface area (Å²) in [4.78, 5) is 26.3. The molecule has 0 unspecified atom stereocenters. The molecule has 0 bridgehead atoms. The largest absolute Gasteiger partial charge is 0.515 e. The van der Waals surface area contributed by atoms with Gasteiger partial charge in [0, 0.05) is 17.1 Å². The molecule has 1 aliphatic rings. The Balaban J connectivity index is 2.34. The molecule has 0 saturated carbocycles. The van der Waals surface area contributed by atoms with Gasteiger partial charge in [-0.2, -0.15) is 0 Å². The van der Waals surface area contributed by atoms with Gasteiger partial charge in [-0.3, -0.25) is 9.59 Å². The molecule has 2 atom stereocenters. The molecular formula is C24H26O8. The van der Waals surface area contributed by atoms with Crippen LogP contribution in [0.1, 0.15) is 34.3 Å². The lowest BCUT2D eigenvalue weighted by molar-refractivity contribution is -0.147. The van der Waals surface area contributed by atoms with E-state index in [1.54, 1.807) is 37.3 Å². The maximum absolute atomic E-state index is 13.3. The zero-order chi connectivity index (χ0) is 23.4. The van der Waals surface area contributed by atoms with Gasteiger partial charge < -0.3 is 28.8 Å². The lowest BCUT2D eigenvalue weighted by Crippen LogP contribution is -2.35. The number of carbonyl (C=O) groups is 2. The molecule has 32 heavy (non-hydrogen) atoms. The fourth-order valence-corrected chi connectivity index (χ4v) is 4.06. The Morgan fingerprint density at radius 1 is 0.938 bits per heavy atom. The highest BCUT2D eigenvalue weighted by Gasteiger charge is 2.45. The van der Waals surface area contributed by atoms with E-state index < -0.39 is 23.6 Å². The third-order valence-electron chi connectivity index (χ3n) is 5.51. The third kappa shape index (κ3) is 3.84. The Kier molecular flexibility index (Phi) is 6.92. The Bertz CT molecular complexity index is 1060. The average molecular weight is 442 g/mol. The molecule has 0 aliphatic heterocycles. The highest BCUT2D eigenvalue weighted by atomic mass is 16.5. The first-order valence-electron chi connectivity index (χ1n) is 9.99. The van der Waals surface area contributed by atoms with Crippen LogP contribution in [0.3, 0.4) is 0 Å². The SMILES string of the molecule is CCOC(=O)[C@H]1/C(=C\O)C(=O)c2cc(OC)c(OC)cc2[C@@H]1c1ccc(OC)c(OC)c1. The summed E-state index contributed by atoms with van der Waals surface area (Å²) < 4.78 is 26.8. The number of fused-ring (bicyclic) bond motifs is 1. The van der Waals surface area contributed by atoms with Crippen LogP contribution in [-0.4, -0.2) is 51.9 Å². The van der Waals surface area contributed by atoms with E-state index in [9.17, 15) is 14.7 Å². The van der Waals surface area contributed by atoms with Crippen LogP contribution in [0.4, 0.5) is 0 Å². The van der Waals surface area contributed by atoms with Crippen LogP contribution in [0.2, 0.25) is 0 Å². The molecule has 2 aromatic carbocycles. The van der Waals surface area contributed by atoms with Gasteiger partial charge in [-0.05, 0) is 42.3 Å². The number of benzene rings is 2. The minimum absolute atomic E-state index is 0.0667. The summed E-state index contributed by atoms with van der Waals surface area (Å²) in [5, 5.41) is 9.96. The molecular weight excluding hydrogens is 416 g/mol. The van der Waals surface area contributed by atoms with Crippen molar-refractivity contribution in [1.29, 1.82) is 0 Å². The number of ketones is 1. The Hall–Kier alpha value is -3.68. The van der Waals surface area contributed by atoms with E-state index in [0.717, 1.165) is 0 Å². The number of methoxy groups -OCH3 is 4. The van der Waals surface area contributed by atoms with Crippen LogP contribution < -0.4 is 18.9 Å². The fraction of sp³-hybridized carbons (Fsp3) is 0.333. The number of carbonyl (C=O) groups excluding carboxylic acids is 2. The second-order valence-electron chi connectivity index (χ2n) is 7.03. The van der Waals surface area contributed by atoms with E-state index in [2.05, 4.69) is 0 Å². The van der Waals surface area contributed by atoms with Gasteiger partial charge in [0.05, 0.1) is 47.2 Å². The van der Waals surface area contributed by atoms with E-state index in [4.69, 9.17) is 23.7 Å². The molecule has 8 heteroatoms. The molecule has 2 aromatic rings. The molecule has 0 saturated heterocycles. The number of ether oxygens (including phenoxy) is 5. The predicted molar refractivity (Wildman–Crippen MR) is 116 cm³/mol. The molecule has 170 valence electrons. The minimum Gasteiger partial charge on any atom is -0.515 e. The Morgan fingerprint density at radius 2 is 1.53 bits per heavy atom. The van der Waals surface area contributed by atoms with E-state index in [1.165, 1.54) is 28.4 Å². The standard InChI is InChI=1S/C24H26O8/c1-6-32-24(27)22-16(12-25)23(26)15-11-20(31-5)19(30-4)10-14(15)21(22)13-7-8-17(28-2)18(9-13)29-3/h7-12,21-22,25H,6H2,1-5H3/b16-12+/t21-,22-/m0/s1. The van der Waals surface area contributed by atoms with Crippen LogP contribution >= 0.6 is 0 Å². The number of rotatable bonds is 7. The number of hydrogen-bond donors (Lipinski definition) is 1. The van der Waals surface area contributed by atoms with Crippen LogP contribution in [0.25, 0.3) is 0 Å². The smallest absolute Gasteiger partial charge is 0.314 e. The van der Waals surface area contributed by atoms with Crippen LogP contribution in [0.5, 0.6) is 23.0 Å². The van der Waals surface area contributed by atoms with Gasteiger partial charge in [-0.15, -0.1) is 0 Å². The monoisotopic (exact) mass is 442 g/mol. The topological polar surface area (TPSA) is 101 Å². The quantitative estimate of drug-likeness (QED) is 0.394. The van der Waals surface area contributed by atoms with E-state index >= 15 is 0 Å². The number of aliphatic hydroxyl groups excluding tert-OH is 1. The predicted octanol–water partition coefficient (Wildman–Crippen LogP) is 3.67. The van der Waals surface area contributed by atoms with Gasteiger partial charge >= 0.3 is 5.97 Å². The summed E-state index contributed by atoms with van der Waals surface area (Å²) in [5.41, 5.74) is 1.44. The van der Waals surface area contributed by atoms with Gasteiger partial charge in [-0.1, -0.05) is 6.07 Å². The summed E-state index contributed by atoms with van der Waals surface area (Å²) in [7, 11) is 5.99. The lowest BCUT2D eigenvalue weighted by atomic mass is 9.68. The van der Waals surface area contributed by atoms with Crippen LogP contribution in [0.15, 0.2) is 42.2 Å². The zero-order valence-electron chi connectivity index (χ0n) is 18.6. The van der Waals surface area contributed by atoms with E-state index in [-0.39, 0.29) is 12.2 Å². The van der Waals surface area contributed by atoms with Gasteiger partial charge in [0.2, 0.25) is 0 Å². The number of hydrogen-bond acceptors (Lipinski definition) is 8. The van der Waals surface area contributed by atoms with Crippen molar-refractivity contribution >= 4 is 11.8 Å². The fourth-order valence-electron chi connectivity index (χ4n) is 4.06. The van der Waals surface area contributed by atoms with Crippen molar-refractivity contribution in [3.8, 4) is 23.0 Å². The molecule has 0 radical (unpaired) electrons. The summed E-state index contributed by atoms with van der Waals surface area (Å²) in [6.07, 6.45) is 0.678. The number of Topliss-reactive ketones (excluding diaryl/α,β-unsaturated/α-hetero) is 1. The molecule has 1 aliphatic carbocycles. The normalized spacial score (nSPS) is 18.7. The van der Waals surface area contributed by atoms with Crippen molar-refractivity contribution < 1.29 is 38.4 Å². The Morgan fingerprint density at radius 3 is 2.09 bits per heavy atom. The van der Waals surface area contributed by atoms with Gasteiger partial charge in [0.1, 0.15) is 0 Å². The molecule has 3 rings (SSSR count). The first-order chi connectivity index (χ1) is 15.4. The van der Waals surface area contributed by atoms with Crippen molar-refractivity contribution in [2.24, 2.45) is 5.92 Å². The third-order valence-corrected chi connectivity index (χ3v) is 5.51. The summed E-state index contributed by atoms with van der Waals surface area (Å²) in [6.45, 7) is 1.80. The number of esters is 1. The average Bonchev–Trinajstić information content (AvgIpc) is 2.82. The number of aliphatic hydroxyl groups is 1. The molecule has 0 aromatic heterocycles. The maximum Gasteiger partial charge on any atom is 0.314 e. The molecule has 0 amide bonds. The van der Waals surface area contributed by atoms with Crippen LogP contribution in [0, 0.1) is 5.92 Å². The molecule has 1 N–H and O–H groups in total.